The Bertz CT molecular complexity index is 1260. The molecule has 0 heterocycles. The molecule has 4 rings (SSSR count). The maximum atomic E-state index is 12.0. The van der Waals surface area contributed by atoms with Crippen molar-refractivity contribution in [3.05, 3.63) is 112 Å². The van der Waals surface area contributed by atoms with E-state index in [-0.39, 0.29) is 5.91 Å². The number of nitrogens with one attached hydrogen (secondary N) is 1. The predicted molar refractivity (Wildman–Crippen MR) is 141 cm³/mol. The van der Waals surface area contributed by atoms with Crippen LogP contribution in [0.25, 0.3) is 10.8 Å². The van der Waals surface area contributed by atoms with Crippen LogP contribution in [0.4, 0.5) is 0 Å². The lowest BCUT2D eigenvalue weighted by atomic mass is 10.1. The third-order valence-corrected chi connectivity index (χ3v) is 6.71. The van der Waals surface area contributed by atoms with E-state index in [1.54, 1.807) is 18.0 Å². The van der Waals surface area contributed by atoms with Crippen molar-refractivity contribution in [2.75, 3.05) is 5.75 Å². The Hall–Kier alpha value is -3.09. The summed E-state index contributed by atoms with van der Waals surface area (Å²) < 4.78 is 6.96. The van der Waals surface area contributed by atoms with Crippen LogP contribution < -0.4 is 10.2 Å². The summed E-state index contributed by atoms with van der Waals surface area (Å²) >= 11 is 5.07. The van der Waals surface area contributed by atoms with Crippen LogP contribution in [-0.4, -0.2) is 17.9 Å². The molecule has 0 spiro atoms. The van der Waals surface area contributed by atoms with Crippen molar-refractivity contribution in [3.63, 3.8) is 0 Å². The van der Waals surface area contributed by atoms with Crippen LogP contribution in [0.3, 0.4) is 0 Å². The zero-order valence-corrected chi connectivity index (χ0v) is 20.3. The Labute approximate surface area is 206 Å². The van der Waals surface area contributed by atoms with Crippen molar-refractivity contribution in [2.24, 2.45) is 5.10 Å². The molecule has 166 valence electrons. The fourth-order valence-electron chi connectivity index (χ4n) is 3.23. The van der Waals surface area contributed by atoms with Crippen LogP contribution in [-0.2, 0) is 17.2 Å². The van der Waals surface area contributed by atoms with Crippen LogP contribution >= 0.6 is 27.7 Å². The molecule has 1 amide bonds. The monoisotopic (exact) mass is 518 g/mol. The summed E-state index contributed by atoms with van der Waals surface area (Å²) in [4.78, 5) is 12.0. The van der Waals surface area contributed by atoms with E-state index in [9.17, 15) is 4.79 Å². The number of benzene rings is 4. The van der Waals surface area contributed by atoms with Crippen molar-refractivity contribution < 1.29 is 9.53 Å². The summed E-state index contributed by atoms with van der Waals surface area (Å²) in [5.74, 6) is 1.77. The lowest BCUT2D eigenvalue weighted by molar-refractivity contribution is -0.118. The number of thioether (sulfide) groups is 1. The van der Waals surface area contributed by atoms with Crippen molar-refractivity contribution >= 4 is 50.6 Å². The van der Waals surface area contributed by atoms with Gasteiger partial charge in [0.25, 0.3) is 0 Å². The third-order valence-electron chi connectivity index (χ3n) is 4.95. The van der Waals surface area contributed by atoms with Gasteiger partial charge in [-0.3, -0.25) is 4.79 Å². The fraction of sp³-hybridized carbons (Fsp3) is 0.111. The van der Waals surface area contributed by atoms with Crippen molar-refractivity contribution in [3.8, 4) is 5.75 Å². The molecular formula is C27H23BrN2O2S. The second-order valence-electron chi connectivity index (χ2n) is 7.42. The number of carbonyl (C=O) groups excluding carboxylic acids is 1. The Morgan fingerprint density at radius 1 is 0.939 bits per heavy atom. The number of fused-ring (bicyclic) bond motifs is 1. The first-order valence-electron chi connectivity index (χ1n) is 10.5. The van der Waals surface area contributed by atoms with Gasteiger partial charge in [-0.1, -0.05) is 70.5 Å². The SMILES string of the molecule is O=C(CSCc1ccccc1Br)N/N=C\c1ccc(OCc2ccc3ccccc3c2)cc1. The highest BCUT2D eigenvalue weighted by Crippen LogP contribution is 2.21. The Kier molecular flexibility index (Phi) is 8.17. The van der Waals surface area contributed by atoms with Crippen molar-refractivity contribution in [1.29, 1.82) is 0 Å². The standard InChI is InChI=1S/C27H23BrN2O2S/c28-26-8-4-3-7-24(26)18-33-19-27(31)30-29-16-20-10-13-25(14-11-20)32-17-21-9-12-22-5-1-2-6-23(22)15-21/h1-16H,17-19H2,(H,30,31)/b29-16-. The molecule has 4 aromatic carbocycles. The molecule has 0 saturated heterocycles. The number of nitrogens with zero attached hydrogens (tertiary/aromatic N) is 1. The quantitative estimate of drug-likeness (QED) is 0.201. The van der Waals surface area contributed by atoms with Gasteiger partial charge in [0.2, 0.25) is 5.91 Å². The minimum Gasteiger partial charge on any atom is -0.489 e. The van der Waals surface area contributed by atoms with Gasteiger partial charge in [0, 0.05) is 10.2 Å². The minimum atomic E-state index is -0.126. The van der Waals surface area contributed by atoms with E-state index in [1.165, 1.54) is 16.3 Å². The van der Waals surface area contributed by atoms with Gasteiger partial charge in [-0.05, 0) is 63.9 Å². The van der Waals surface area contributed by atoms with Crippen molar-refractivity contribution in [1.82, 2.24) is 5.43 Å². The molecule has 0 unspecified atom stereocenters. The number of rotatable bonds is 9. The highest BCUT2D eigenvalue weighted by atomic mass is 79.9. The average molecular weight is 519 g/mol. The first kappa shape index (κ1) is 23.1. The van der Waals surface area contributed by atoms with E-state index < -0.39 is 0 Å². The minimum absolute atomic E-state index is 0.126. The number of ether oxygens (including phenoxy) is 1. The molecule has 1 N–H and O–H groups in total. The first-order valence-corrected chi connectivity index (χ1v) is 12.5. The van der Waals surface area contributed by atoms with E-state index in [0.717, 1.165) is 27.1 Å². The molecule has 6 heteroatoms. The van der Waals surface area contributed by atoms with Gasteiger partial charge in [0.05, 0.1) is 12.0 Å². The molecule has 0 fully saturated rings. The Morgan fingerprint density at radius 2 is 1.70 bits per heavy atom. The van der Waals surface area contributed by atoms with E-state index >= 15 is 0 Å². The number of hydrazone groups is 1. The van der Waals surface area contributed by atoms with E-state index in [0.29, 0.717) is 12.4 Å². The smallest absolute Gasteiger partial charge is 0.250 e. The molecule has 0 aliphatic rings. The molecule has 0 atom stereocenters. The molecule has 4 aromatic rings. The topological polar surface area (TPSA) is 50.7 Å². The lowest BCUT2D eigenvalue weighted by Crippen LogP contribution is -2.19. The maximum Gasteiger partial charge on any atom is 0.250 e. The molecule has 0 bridgehead atoms. The number of carbonyl (C=O) groups is 1. The van der Waals surface area contributed by atoms with Gasteiger partial charge in [-0.15, -0.1) is 11.8 Å². The zero-order chi connectivity index (χ0) is 22.9. The van der Waals surface area contributed by atoms with E-state index in [2.05, 4.69) is 56.8 Å². The van der Waals surface area contributed by atoms with Crippen LogP contribution in [0.5, 0.6) is 5.75 Å². The summed E-state index contributed by atoms with van der Waals surface area (Å²) in [6.45, 7) is 0.506. The molecule has 4 nitrogen and oxygen atoms in total. The van der Waals surface area contributed by atoms with Gasteiger partial charge in [0.1, 0.15) is 12.4 Å². The highest BCUT2D eigenvalue weighted by Gasteiger charge is 2.03. The van der Waals surface area contributed by atoms with Gasteiger partial charge < -0.3 is 4.74 Å². The summed E-state index contributed by atoms with van der Waals surface area (Å²) in [5, 5.41) is 6.48. The molecule has 0 aliphatic carbocycles. The van der Waals surface area contributed by atoms with E-state index in [4.69, 9.17) is 4.74 Å². The van der Waals surface area contributed by atoms with Crippen LogP contribution in [0, 0.1) is 0 Å². The predicted octanol–water partition coefficient (Wildman–Crippen LogP) is 6.56. The van der Waals surface area contributed by atoms with Gasteiger partial charge >= 0.3 is 0 Å². The molecule has 33 heavy (non-hydrogen) atoms. The molecule has 0 aromatic heterocycles. The van der Waals surface area contributed by atoms with E-state index in [1.807, 2.05) is 60.7 Å². The number of hydrogen-bond acceptors (Lipinski definition) is 4. The van der Waals surface area contributed by atoms with Crippen LogP contribution in [0.15, 0.2) is 101 Å². The highest BCUT2D eigenvalue weighted by molar-refractivity contribution is 9.10. The second-order valence-corrected chi connectivity index (χ2v) is 9.26. The Morgan fingerprint density at radius 3 is 2.52 bits per heavy atom. The summed E-state index contributed by atoms with van der Waals surface area (Å²) in [6.07, 6.45) is 1.63. The Balaban J connectivity index is 1.20. The van der Waals surface area contributed by atoms with Crippen molar-refractivity contribution in [2.45, 2.75) is 12.4 Å². The molecule has 0 radical (unpaired) electrons. The summed E-state index contributed by atoms with van der Waals surface area (Å²) in [7, 11) is 0. The first-order chi connectivity index (χ1) is 16.2. The van der Waals surface area contributed by atoms with Gasteiger partial charge in [-0.25, -0.2) is 5.43 Å². The number of hydrogen-bond donors (Lipinski definition) is 1. The summed E-state index contributed by atoms with van der Waals surface area (Å²) in [5.41, 5.74) is 5.75. The number of halogens is 1. The molecule has 0 aliphatic heterocycles. The van der Waals surface area contributed by atoms with Gasteiger partial charge in [0.15, 0.2) is 0 Å². The zero-order valence-electron chi connectivity index (χ0n) is 17.9. The maximum absolute atomic E-state index is 12.0. The lowest BCUT2D eigenvalue weighted by Gasteiger charge is -2.07. The molecule has 0 saturated carbocycles. The number of amides is 1. The average Bonchev–Trinajstić information content (AvgIpc) is 2.84. The van der Waals surface area contributed by atoms with Gasteiger partial charge in [-0.2, -0.15) is 5.10 Å². The normalized spacial score (nSPS) is 11.1. The largest absolute Gasteiger partial charge is 0.489 e. The second kappa shape index (κ2) is 11.7. The summed E-state index contributed by atoms with van der Waals surface area (Å²) in [6, 6.07) is 30.3. The fourth-order valence-corrected chi connectivity index (χ4v) is 4.66. The third kappa shape index (κ3) is 6.94. The molecular weight excluding hydrogens is 496 g/mol. The van der Waals surface area contributed by atoms with Crippen LogP contribution in [0.2, 0.25) is 0 Å². The van der Waals surface area contributed by atoms with Crippen LogP contribution in [0.1, 0.15) is 16.7 Å².